The van der Waals surface area contributed by atoms with Gasteiger partial charge in [-0.2, -0.15) is 5.10 Å². The number of β-amino-alcohol motifs (C(OH)–C–C–N with tert-alkyl or cyclic N) is 1. The number of carbonyl (C=O) groups excluding carboxylic acids is 3. The first-order valence-electron chi connectivity index (χ1n) is 23.8. The summed E-state index contributed by atoms with van der Waals surface area (Å²) < 4.78 is 15.5. The molecule has 5 aromatic heterocycles. The van der Waals surface area contributed by atoms with E-state index in [2.05, 4.69) is 49.7 Å². The van der Waals surface area contributed by atoms with Crippen LogP contribution in [0, 0.1) is 33.6 Å². The Balaban J connectivity index is 0.757. The van der Waals surface area contributed by atoms with Gasteiger partial charge in [0, 0.05) is 89.0 Å². The van der Waals surface area contributed by atoms with Crippen LogP contribution >= 0.6 is 22.9 Å². The van der Waals surface area contributed by atoms with Gasteiger partial charge in [0.05, 0.1) is 30.1 Å². The van der Waals surface area contributed by atoms with Gasteiger partial charge in [0.15, 0.2) is 18.0 Å². The fraction of sp³-hybridized carbons (Fsp3) is 0.365. The molecular formula is C52H54ClN11O6S. The molecule has 4 atom stereocenters. The summed E-state index contributed by atoms with van der Waals surface area (Å²) in [6.07, 6.45) is 6.99. The number of thiophene rings is 1. The second-order valence-corrected chi connectivity index (χ2v) is 20.6. The normalized spacial score (nSPS) is 19.9. The molecule has 1 aliphatic carbocycles. The monoisotopic (exact) mass is 995 g/mol. The molecule has 2 aromatic carbocycles. The standard InChI is InChI=1S/C52H54ClN11O6S/c1-27(2)47(51(68)62-25-39(65)20-42(62)50(67)55-22-32-7-9-34(10-8-32)48-29(4)56-26-69-48)63-24-36(23-57-63)35-15-16-54-44(17-35)70-40-18-38(19-40)58-43(66)21-41-49-61-60-31(6)64(49)52-45(28(3)30(5)71-52)46(59-41)33-11-13-37(53)14-12-33/h7-17,23-24,26-27,38-42,47,65H,18-22,25H2,1-6H3,(H,55,67)(H,58,66)/t38-,39-,40+,41+,42+,47?/m1/s1. The van der Waals surface area contributed by atoms with Crippen LogP contribution in [0.25, 0.3) is 27.5 Å². The summed E-state index contributed by atoms with van der Waals surface area (Å²) in [6, 6.07) is 16.7. The largest absolute Gasteiger partial charge is 0.474 e. The number of aliphatic hydroxyl groups excluding tert-OH is 1. The molecular weight excluding hydrogens is 942 g/mol. The van der Waals surface area contributed by atoms with Gasteiger partial charge in [-0.05, 0) is 68.5 Å². The van der Waals surface area contributed by atoms with Gasteiger partial charge in [-0.3, -0.25) is 28.6 Å². The number of halogens is 1. The number of aliphatic imine (C=N–C) groups is 1. The van der Waals surface area contributed by atoms with Gasteiger partial charge in [0.25, 0.3) is 0 Å². The van der Waals surface area contributed by atoms with Crippen molar-refractivity contribution in [1.29, 1.82) is 0 Å². The van der Waals surface area contributed by atoms with E-state index in [9.17, 15) is 19.5 Å². The molecule has 3 aliphatic rings. The van der Waals surface area contributed by atoms with E-state index in [0.717, 1.165) is 61.2 Å². The Morgan fingerprint density at radius 1 is 0.944 bits per heavy atom. The molecule has 0 radical (unpaired) electrons. The Morgan fingerprint density at radius 3 is 2.44 bits per heavy atom. The number of aryl methyl sites for hydroxylation is 3. The number of rotatable bonds is 14. The average Bonchev–Trinajstić information content (AvgIpc) is 4.19. The number of hydrogen-bond donors (Lipinski definition) is 3. The highest BCUT2D eigenvalue weighted by Gasteiger charge is 2.43. The fourth-order valence-electron chi connectivity index (χ4n) is 9.68. The first kappa shape index (κ1) is 47.6. The fourth-order valence-corrected chi connectivity index (χ4v) is 11.0. The number of fused-ring (bicyclic) bond motifs is 3. The lowest BCUT2D eigenvalue weighted by molar-refractivity contribution is -0.142. The number of carbonyl (C=O) groups is 3. The first-order chi connectivity index (χ1) is 34.2. The van der Waals surface area contributed by atoms with Crippen LogP contribution in [0.5, 0.6) is 5.88 Å². The number of amides is 3. The van der Waals surface area contributed by atoms with Crippen molar-refractivity contribution in [3.63, 3.8) is 0 Å². The lowest BCUT2D eigenvalue weighted by Gasteiger charge is -2.35. The summed E-state index contributed by atoms with van der Waals surface area (Å²) >= 11 is 7.95. The maximum absolute atomic E-state index is 14.3. The summed E-state index contributed by atoms with van der Waals surface area (Å²) in [4.78, 5) is 58.2. The van der Waals surface area contributed by atoms with Gasteiger partial charge >= 0.3 is 0 Å². The molecule has 71 heavy (non-hydrogen) atoms. The lowest BCUT2D eigenvalue weighted by Crippen LogP contribution is -2.49. The quantitative estimate of drug-likeness (QED) is 0.0966. The molecule has 7 heterocycles. The van der Waals surface area contributed by atoms with Crippen molar-refractivity contribution in [1.82, 2.24) is 50.0 Å². The number of benzene rings is 2. The minimum atomic E-state index is -0.842. The summed E-state index contributed by atoms with van der Waals surface area (Å²) in [6.45, 7) is 12.1. The first-order valence-corrected chi connectivity index (χ1v) is 25.0. The molecule has 1 unspecified atom stereocenters. The Morgan fingerprint density at radius 2 is 1.70 bits per heavy atom. The zero-order valence-corrected chi connectivity index (χ0v) is 41.7. The number of aromatic nitrogens is 7. The van der Waals surface area contributed by atoms with Gasteiger partial charge in [0.2, 0.25) is 23.6 Å². The highest BCUT2D eigenvalue weighted by Crippen LogP contribution is 2.40. The minimum Gasteiger partial charge on any atom is -0.474 e. The molecule has 7 aromatic rings. The zero-order valence-electron chi connectivity index (χ0n) is 40.2. The SMILES string of the molecule is Cc1ncoc1-c1ccc(CNC(=O)[C@@H]2C[C@@H](O)CN2C(=O)C(C(C)C)n2cc(-c3ccnc(O[C@H]4C[C@@H](NC(=O)C[C@@H]5N=C(c6ccc(Cl)cc6)c6c(sc(C)c6C)-n6c(C)nnc65)C4)c3)cn2)cc1. The number of aliphatic hydroxyl groups is 1. The number of ether oxygens (including phenoxy) is 1. The van der Waals surface area contributed by atoms with Crippen molar-refractivity contribution in [2.24, 2.45) is 10.9 Å². The van der Waals surface area contributed by atoms with Gasteiger partial charge in [-0.1, -0.05) is 61.8 Å². The number of nitrogens with zero attached hydrogens (tertiary/aromatic N) is 9. The van der Waals surface area contributed by atoms with Crippen LogP contribution in [0.15, 0.2) is 95.1 Å². The predicted molar refractivity (Wildman–Crippen MR) is 267 cm³/mol. The lowest BCUT2D eigenvalue weighted by atomic mass is 9.89. The van der Waals surface area contributed by atoms with E-state index < -0.39 is 24.2 Å². The Bertz CT molecular complexity index is 3150. The molecule has 17 nitrogen and oxygen atoms in total. The zero-order chi connectivity index (χ0) is 49.7. The molecule has 0 bridgehead atoms. The highest BCUT2D eigenvalue weighted by atomic mass is 35.5. The summed E-state index contributed by atoms with van der Waals surface area (Å²) in [7, 11) is 0. The van der Waals surface area contributed by atoms with Gasteiger partial charge in [-0.25, -0.2) is 9.97 Å². The number of oxazole rings is 1. The summed E-state index contributed by atoms with van der Waals surface area (Å²) in [5.41, 5.74) is 7.92. The van der Waals surface area contributed by atoms with E-state index in [1.165, 1.54) is 16.2 Å². The number of nitrogens with one attached hydrogen (secondary N) is 2. The number of hydrogen-bond acceptors (Lipinski definition) is 13. The van der Waals surface area contributed by atoms with Crippen molar-refractivity contribution >= 4 is 46.4 Å². The number of likely N-dealkylation sites (tertiary alicyclic amines) is 1. The third-order valence-electron chi connectivity index (χ3n) is 13.6. The molecule has 1 saturated heterocycles. The van der Waals surface area contributed by atoms with E-state index >= 15 is 0 Å². The Labute approximate surface area is 419 Å². The van der Waals surface area contributed by atoms with Crippen molar-refractivity contribution in [2.75, 3.05) is 6.54 Å². The van der Waals surface area contributed by atoms with E-state index in [-0.39, 0.29) is 61.7 Å². The van der Waals surface area contributed by atoms with Crippen LogP contribution in [0.4, 0.5) is 0 Å². The molecule has 1 saturated carbocycles. The number of pyridine rings is 1. The van der Waals surface area contributed by atoms with E-state index in [4.69, 9.17) is 25.7 Å². The summed E-state index contributed by atoms with van der Waals surface area (Å²) in [5.74, 6) is 1.50. The van der Waals surface area contributed by atoms with E-state index in [1.807, 2.05) is 99.1 Å². The van der Waals surface area contributed by atoms with Crippen molar-refractivity contribution < 1.29 is 28.6 Å². The van der Waals surface area contributed by atoms with E-state index in [1.54, 1.807) is 28.4 Å². The van der Waals surface area contributed by atoms with Crippen LogP contribution in [-0.4, -0.2) is 98.8 Å². The third-order valence-corrected chi connectivity index (χ3v) is 15.1. The van der Waals surface area contributed by atoms with Crippen LogP contribution < -0.4 is 15.4 Å². The van der Waals surface area contributed by atoms with Crippen LogP contribution in [0.3, 0.4) is 0 Å². The topological polar surface area (TPSA) is 208 Å². The van der Waals surface area contributed by atoms with Crippen molar-refractivity contribution in [2.45, 2.75) is 110 Å². The van der Waals surface area contributed by atoms with Gasteiger partial charge in [0.1, 0.15) is 35.1 Å². The van der Waals surface area contributed by atoms with Crippen LogP contribution in [-0.2, 0) is 20.9 Å². The molecule has 2 aliphatic heterocycles. The molecule has 2 fully saturated rings. The average molecular weight is 997 g/mol. The maximum Gasteiger partial charge on any atom is 0.248 e. The summed E-state index contributed by atoms with van der Waals surface area (Å²) in [5, 5.41) is 32.1. The Hall–Kier alpha value is -7.02. The van der Waals surface area contributed by atoms with Gasteiger partial charge in [-0.15, -0.1) is 21.5 Å². The molecule has 3 amide bonds. The third kappa shape index (κ3) is 9.63. The maximum atomic E-state index is 14.3. The van der Waals surface area contributed by atoms with Gasteiger partial charge < -0.3 is 29.8 Å². The predicted octanol–water partition coefficient (Wildman–Crippen LogP) is 7.61. The molecule has 366 valence electrons. The Kier molecular flexibility index (Phi) is 13.2. The molecule has 3 N–H and O–H groups in total. The van der Waals surface area contributed by atoms with Crippen molar-refractivity contribution in [3.8, 4) is 33.3 Å². The molecule has 10 rings (SSSR count). The van der Waals surface area contributed by atoms with Crippen molar-refractivity contribution in [3.05, 3.63) is 135 Å². The van der Waals surface area contributed by atoms with Crippen LogP contribution in [0.1, 0.15) is 96.1 Å². The highest BCUT2D eigenvalue weighted by molar-refractivity contribution is 7.15. The van der Waals surface area contributed by atoms with E-state index in [0.29, 0.717) is 35.3 Å². The molecule has 19 heteroatoms. The van der Waals surface area contributed by atoms with Crippen LogP contribution in [0.2, 0.25) is 5.02 Å². The second-order valence-electron chi connectivity index (χ2n) is 18.9. The second kappa shape index (κ2) is 19.6. The minimum absolute atomic E-state index is 0.0387. The molecule has 0 spiro atoms. The smallest absolute Gasteiger partial charge is 0.248 e.